The highest BCUT2D eigenvalue weighted by molar-refractivity contribution is 7.92. The summed E-state index contributed by atoms with van der Waals surface area (Å²) >= 11 is 0. The minimum atomic E-state index is -3.56. The van der Waals surface area contributed by atoms with Crippen molar-refractivity contribution >= 4 is 21.6 Å². The highest BCUT2D eigenvalue weighted by Gasteiger charge is 2.25. The van der Waals surface area contributed by atoms with Gasteiger partial charge in [-0.1, -0.05) is 45.9 Å². The van der Waals surface area contributed by atoms with E-state index in [1.54, 1.807) is 0 Å². The molecule has 0 bridgehead atoms. The van der Waals surface area contributed by atoms with Gasteiger partial charge in [-0.3, -0.25) is 9.10 Å². The lowest BCUT2D eigenvalue weighted by molar-refractivity contribution is -0.119. The van der Waals surface area contributed by atoms with E-state index in [9.17, 15) is 13.2 Å². The Balaban J connectivity index is 3.11. The van der Waals surface area contributed by atoms with E-state index in [2.05, 4.69) is 19.2 Å². The maximum absolute atomic E-state index is 12.3. The number of rotatable bonds is 8. The number of aryl methyl sites for hydroxylation is 1. The number of anilines is 1. The van der Waals surface area contributed by atoms with E-state index in [-0.39, 0.29) is 18.4 Å². The van der Waals surface area contributed by atoms with Crippen LogP contribution in [-0.2, 0) is 14.8 Å². The van der Waals surface area contributed by atoms with Crippen LogP contribution < -0.4 is 9.62 Å². The van der Waals surface area contributed by atoms with Gasteiger partial charge in [0.25, 0.3) is 0 Å². The summed E-state index contributed by atoms with van der Waals surface area (Å²) in [5.74, 6) is 0.368. The standard InChI is InChI=1S/C18H30N2O3S/c1-13(2)10-11-19-17(21)12-20(24(6,22)23)18-15(5)8-7-9-16(18)14(3)4/h7-9,13-14H,10-12H2,1-6H3,(H,19,21). The molecule has 1 amide bonds. The van der Waals surface area contributed by atoms with Crippen molar-refractivity contribution in [3.8, 4) is 0 Å². The predicted octanol–water partition coefficient (Wildman–Crippen LogP) is 3.05. The minimum Gasteiger partial charge on any atom is -0.355 e. The van der Waals surface area contributed by atoms with Crippen molar-refractivity contribution in [2.75, 3.05) is 23.7 Å². The molecule has 5 nitrogen and oxygen atoms in total. The monoisotopic (exact) mass is 354 g/mol. The quantitative estimate of drug-likeness (QED) is 0.780. The summed E-state index contributed by atoms with van der Waals surface area (Å²) in [4.78, 5) is 12.2. The van der Waals surface area contributed by atoms with Gasteiger partial charge >= 0.3 is 0 Å². The summed E-state index contributed by atoms with van der Waals surface area (Å²) in [6.07, 6.45) is 2.01. The molecule has 1 rings (SSSR count). The Bertz CT molecular complexity index is 667. The fraction of sp³-hybridized carbons (Fsp3) is 0.611. The molecule has 0 heterocycles. The molecule has 0 aliphatic rings. The van der Waals surface area contributed by atoms with Crippen molar-refractivity contribution < 1.29 is 13.2 Å². The lowest BCUT2D eigenvalue weighted by atomic mass is 9.98. The summed E-state index contributed by atoms with van der Waals surface area (Å²) in [5.41, 5.74) is 2.39. The van der Waals surface area contributed by atoms with E-state index >= 15 is 0 Å². The Hall–Kier alpha value is -1.56. The van der Waals surface area contributed by atoms with E-state index in [4.69, 9.17) is 0 Å². The molecular formula is C18H30N2O3S. The van der Waals surface area contributed by atoms with Crippen molar-refractivity contribution in [1.29, 1.82) is 0 Å². The van der Waals surface area contributed by atoms with Crippen LogP contribution in [0.2, 0.25) is 0 Å². The molecule has 0 atom stereocenters. The van der Waals surface area contributed by atoms with Gasteiger partial charge in [0.1, 0.15) is 6.54 Å². The van der Waals surface area contributed by atoms with Crippen LogP contribution in [0.25, 0.3) is 0 Å². The van der Waals surface area contributed by atoms with Crippen LogP contribution in [0.15, 0.2) is 18.2 Å². The Morgan fingerprint density at radius 2 is 1.83 bits per heavy atom. The second-order valence-corrected chi connectivity index (χ2v) is 8.88. The molecule has 0 radical (unpaired) electrons. The zero-order valence-electron chi connectivity index (χ0n) is 15.6. The Labute approximate surface area is 146 Å². The number of benzene rings is 1. The number of amides is 1. The lowest BCUT2D eigenvalue weighted by Gasteiger charge is -2.27. The van der Waals surface area contributed by atoms with Crippen LogP contribution in [0.3, 0.4) is 0 Å². The molecule has 0 unspecified atom stereocenters. The summed E-state index contributed by atoms with van der Waals surface area (Å²) < 4.78 is 25.9. The maximum Gasteiger partial charge on any atom is 0.240 e. The molecule has 24 heavy (non-hydrogen) atoms. The second kappa shape index (κ2) is 8.51. The van der Waals surface area contributed by atoms with Crippen LogP contribution in [-0.4, -0.2) is 33.7 Å². The number of carbonyl (C=O) groups is 1. The minimum absolute atomic E-state index is 0.160. The van der Waals surface area contributed by atoms with Gasteiger partial charge in [0.2, 0.25) is 15.9 Å². The van der Waals surface area contributed by atoms with Gasteiger partial charge in [-0.25, -0.2) is 8.42 Å². The first-order chi connectivity index (χ1) is 11.0. The van der Waals surface area contributed by atoms with Crippen molar-refractivity contribution in [2.45, 2.75) is 47.0 Å². The summed E-state index contributed by atoms with van der Waals surface area (Å²) in [5, 5.41) is 2.81. The molecule has 0 aliphatic carbocycles. The number of nitrogens with zero attached hydrogens (tertiary/aromatic N) is 1. The number of carbonyl (C=O) groups excluding carboxylic acids is 1. The second-order valence-electron chi connectivity index (χ2n) is 6.97. The molecule has 6 heteroatoms. The van der Waals surface area contributed by atoms with E-state index < -0.39 is 10.0 Å². The molecule has 136 valence electrons. The van der Waals surface area contributed by atoms with Gasteiger partial charge in [-0.05, 0) is 36.3 Å². The van der Waals surface area contributed by atoms with E-state index in [0.717, 1.165) is 23.8 Å². The first-order valence-electron chi connectivity index (χ1n) is 8.38. The first-order valence-corrected chi connectivity index (χ1v) is 10.2. The average Bonchev–Trinajstić information content (AvgIpc) is 2.43. The number of para-hydroxylation sites is 1. The van der Waals surface area contributed by atoms with Crippen LogP contribution in [0.5, 0.6) is 0 Å². The summed E-state index contributed by atoms with van der Waals surface area (Å²) in [6, 6.07) is 5.70. The molecule has 0 fully saturated rings. The van der Waals surface area contributed by atoms with Gasteiger partial charge in [0.15, 0.2) is 0 Å². The largest absolute Gasteiger partial charge is 0.355 e. The zero-order valence-corrected chi connectivity index (χ0v) is 16.4. The molecule has 1 aromatic rings. The van der Waals surface area contributed by atoms with Gasteiger partial charge in [0.05, 0.1) is 11.9 Å². The molecule has 0 aliphatic heterocycles. The smallest absolute Gasteiger partial charge is 0.240 e. The van der Waals surface area contributed by atoms with E-state index in [1.807, 2.05) is 39.0 Å². The van der Waals surface area contributed by atoms with Crippen LogP contribution in [0.1, 0.15) is 51.2 Å². The van der Waals surface area contributed by atoms with Crippen molar-refractivity contribution in [2.24, 2.45) is 5.92 Å². The Morgan fingerprint density at radius 3 is 2.33 bits per heavy atom. The topological polar surface area (TPSA) is 66.5 Å². The molecule has 0 saturated carbocycles. The molecule has 0 saturated heterocycles. The highest BCUT2D eigenvalue weighted by atomic mass is 32.2. The van der Waals surface area contributed by atoms with E-state index in [0.29, 0.717) is 18.2 Å². The fourth-order valence-corrected chi connectivity index (χ4v) is 3.47. The van der Waals surface area contributed by atoms with Gasteiger partial charge in [-0.2, -0.15) is 0 Å². The fourth-order valence-electron chi connectivity index (χ4n) is 2.54. The summed E-state index contributed by atoms with van der Waals surface area (Å²) in [6.45, 7) is 10.4. The number of hydrogen-bond acceptors (Lipinski definition) is 3. The first kappa shape index (κ1) is 20.5. The summed E-state index contributed by atoms with van der Waals surface area (Å²) in [7, 11) is -3.56. The van der Waals surface area contributed by atoms with Gasteiger partial charge < -0.3 is 5.32 Å². The molecular weight excluding hydrogens is 324 g/mol. The van der Waals surface area contributed by atoms with Crippen molar-refractivity contribution in [3.05, 3.63) is 29.3 Å². The Kier molecular flexibility index (Phi) is 7.27. The third-order valence-electron chi connectivity index (χ3n) is 3.87. The lowest BCUT2D eigenvalue weighted by Crippen LogP contribution is -2.41. The third kappa shape index (κ3) is 5.82. The van der Waals surface area contributed by atoms with Gasteiger partial charge in [0, 0.05) is 6.54 Å². The normalized spacial score (nSPS) is 11.8. The molecule has 0 aromatic heterocycles. The average molecular weight is 355 g/mol. The number of hydrogen-bond donors (Lipinski definition) is 1. The van der Waals surface area contributed by atoms with Gasteiger partial charge in [-0.15, -0.1) is 0 Å². The Morgan fingerprint density at radius 1 is 1.21 bits per heavy atom. The highest BCUT2D eigenvalue weighted by Crippen LogP contribution is 2.32. The maximum atomic E-state index is 12.3. The van der Waals surface area contributed by atoms with Crippen molar-refractivity contribution in [3.63, 3.8) is 0 Å². The van der Waals surface area contributed by atoms with Crippen LogP contribution in [0, 0.1) is 12.8 Å². The van der Waals surface area contributed by atoms with E-state index in [1.165, 1.54) is 4.31 Å². The third-order valence-corrected chi connectivity index (χ3v) is 4.98. The molecule has 1 N–H and O–H groups in total. The number of sulfonamides is 1. The zero-order chi connectivity index (χ0) is 18.5. The van der Waals surface area contributed by atoms with Crippen LogP contribution >= 0.6 is 0 Å². The number of nitrogens with one attached hydrogen (secondary N) is 1. The van der Waals surface area contributed by atoms with Crippen molar-refractivity contribution in [1.82, 2.24) is 5.32 Å². The molecule has 0 spiro atoms. The predicted molar refractivity (Wildman–Crippen MR) is 99.9 cm³/mol. The SMILES string of the molecule is Cc1cccc(C(C)C)c1N(CC(=O)NCCC(C)C)S(C)(=O)=O. The molecule has 1 aromatic carbocycles. The van der Waals surface area contributed by atoms with Crippen LogP contribution in [0.4, 0.5) is 5.69 Å².